The summed E-state index contributed by atoms with van der Waals surface area (Å²) in [6.45, 7) is 5.02. The van der Waals surface area contributed by atoms with Crippen LogP contribution in [0.2, 0.25) is 0 Å². The summed E-state index contributed by atoms with van der Waals surface area (Å²) < 4.78 is 45.8. The molecule has 3 aromatic rings. The van der Waals surface area contributed by atoms with Gasteiger partial charge in [0.05, 0.1) is 17.9 Å². The second kappa shape index (κ2) is 9.86. The van der Waals surface area contributed by atoms with Crippen LogP contribution in [0, 0.1) is 0 Å². The smallest absolute Gasteiger partial charge is 0.416 e. The van der Waals surface area contributed by atoms with E-state index in [-0.39, 0.29) is 11.4 Å². The zero-order valence-electron chi connectivity index (χ0n) is 16.9. The van der Waals surface area contributed by atoms with Crippen LogP contribution in [0.3, 0.4) is 0 Å². The molecule has 1 N–H and O–H groups in total. The van der Waals surface area contributed by atoms with E-state index in [9.17, 15) is 18.0 Å². The number of ether oxygens (including phenoxy) is 1. The Hall–Kier alpha value is -3.01. The molecule has 0 aliphatic heterocycles. The van der Waals surface area contributed by atoms with E-state index in [2.05, 4.69) is 15.5 Å². The molecule has 0 fully saturated rings. The lowest BCUT2D eigenvalue weighted by Gasteiger charge is -2.10. The molecule has 0 spiro atoms. The van der Waals surface area contributed by atoms with E-state index in [0.29, 0.717) is 24.1 Å². The highest BCUT2D eigenvalue weighted by Crippen LogP contribution is 2.31. The summed E-state index contributed by atoms with van der Waals surface area (Å²) in [7, 11) is 0. The SMILES string of the molecule is CCOc1ccc(-c2nnc(SCC(=O)Nc3cccc(C(F)(F)F)c3)n2CC)cc1. The first-order chi connectivity index (χ1) is 14.8. The van der Waals surface area contributed by atoms with Crippen LogP contribution in [0.5, 0.6) is 5.75 Å². The van der Waals surface area contributed by atoms with Crippen molar-refractivity contribution in [1.82, 2.24) is 14.8 Å². The van der Waals surface area contributed by atoms with Crippen molar-refractivity contribution < 1.29 is 22.7 Å². The molecule has 0 saturated heterocycles. The summed E-state index contributed by atoms with van der Waals surface area (Å²) in [4.78, 5) is 12.2. The number of carbonyl (C=O) groups is 1. The van der Waals surface area contributed by atoms with Crippen molar-refractivity contribution in [2.45, 2.75) is 31.7 Å². The number of anilines is 1. The lowest BCUT2D eigenvalue weighted by molar-refractivity contribution is -0.137. The molecule has 0 aliphatic rings. The Morgan fingerprint density at radius 3 is 2.52 bits per heavy atom. The summed E-state index contributed by atoms with van der Waals surface area (Å²) in [5.74, 6) is 0.969. The molecule has 10 heteroatoms. The Bertz CT molecular complexity index is 1040. The molecule has 0 bridgehead atoms. The number of benzene rings is 2. The van der Waals surface area contributed by atoms with Crippen LogP contribution >= 0.6 is 11.8 Å². The molecule has 164 valence electrons. The molecule has 0 atom stereocenters. The zero-order chi connectivity index (χ0) is 22.4. The molecule has 31 heavy (non-hydrogen) atoms. The first kappa shape index (κ1) is 22.7. The lowest BCUT2D eigenvalue weighted by atomic mass is 10.2. The van der Waals surface area contributed by atoms with Crippen LogP contribution in [0.1, 0.15) is 19.4 Å². The van der Waals surface area contributed by atoms with E-state index in [0.717, 1.165) is 23.4 Å². The summed E-state index contributed by atoms with van der Waals surface area (Å²) in [5, 5.41) is 11.4. The van der Waals surface area contributed by atoms with Crippen LogP contribution in [0.4, 0.5) is 18.9 Å². The maximum absolute atomic E-state index is 12.8. The normalized spacial score (nSPS) is 11.4. The van der Waals surface area contributed by atoms with E-state index in [1.165, 1.54) is 23.9 Å². The van der Waals surface area contributed by atoms with Gasteiger partial charge in [0, 0.05) is 17.8 Å². The zero-order valence-corrected chi connectivity index (χ0v) is 17.8. The van der Waals surface area contributed by atoms with Crippen LogP contribution in [0.25, 0.3) is 11.4 Å². The van der Waals surface area contributed by atoms with Crippen molar-refractivity contribution in [3.05, 3.63) is 54.1 Å². The molecule has 6 nitrogen and oxygen atoms in total. The van der Waals surface area contributed by atoms with Gasteiger partial charge in [-0.25, -0.2) is 0 Å². The Morgan fingerprint density at radius 1 is 1.13 bits per heavy atom. The van der Waals surface area contributed by atoms with E-state index < -0.39 is 17.6 Å². The Balaban J connectivity index is 1.66. The van der Waals surface area contributed by atoms with Crippen molar-refractivity contribution in [2.75, 3.05) is 17.7 Å². The Labute approximate surface area is 181 Å². The molecule has 0 radical (unpaired) electrons. The van der Waals surface area contributed by atoms with E-state index in [1.807, 2.05) is 42.7 Å². The van der Waals surface area contributed by atoms with E-state index in [4.69, 9.17) is 4.74 Å². The standard InChI is InChI=1S/C21H21F3N4O2S/c1-3-28-19(14-8-10-17(11-9-14)30-4-2)26-27-20(28)31-13-18(29)25-16-7-5-6-15(12-16)21(22,23)24/h5-12H,3-4,13H2,1-2H3,(H,25,29). The number of hydrogen-bond donors (Lipinski definition) is 1. The predicted molar refractivity (Wildman–Crippen MR) is 113 cm³/mol. The Kier molecular flexibility index (Phi) is 7.21. The first-order valence-electron chi connectivity index (χ1n) is 9.58. The molecule has 1 amide bonds. The van der Waals surface area contributed by atoms with Crippen molar-refractivity contribution in [3.63, 3.8) is 0 Å². The van der Waals surface area contributed by atoms with Gasteiger partial charge in [-0.1, -0.05) is 17.8 Å². The number of rotatable bonds is 8. The number of hydrogen-bond acceptors (Lipinski definition) is 5. The average Bonchev–Trinajstić information content (AvgIpc) is 3.15. The summed E-state index contributed by atoms with van der Waals surface area (Å²) in [6.07, 6.45) is -4.47. The van der Waals surface area contributed by atoms with Crippen molar-refractivity contribution in [2.24, 2.45) is 0 Å². The molecule has 0 aliphatic carbocycles. The number of alkyl halides is 3. The van der Waals surface area contributed by atoms with E-state index in [1.54, 1.807) is 0 Å². The molecular formula is C21H21F3N4O2S. The van der Waals surface area contributed by atoms with Crippen LogP contribution in [-0.4, -0.2) is 33.0 Å². The quantitative estimate of drug-likeness (QED) is 0.483. The summed E-state index contributed by atoms with van der Waals surface area (Å²) >= 11 is 1.17. The highest BCUT2D eigenvalue weighted by atomic mass is 32.2. The maximum Gasteiger partial charge on any atom is 0.416 e. The number of nitrogens with one attached hydrogen (secondary N) is 1. The number of thioether (sulfide) groups is 1. The maximum atomic E-state index is 12.8. The minimum Gasteiger partial charge on any atom is -0.494 e. The van der Waals surface area contributed by atoms with Gasteiger partial charge in [0.25, 0.3) is 0 Å². The fourth-order valence-corrected chi connectivity index (χ4v) is 3.66. The van der Waals surface area contributed by atoms with Gasteiger partial charge in [0.15, 0.2) is 11.0 Å². The third kappa shape index (κ3) is 5.78. The minimum atomic E-state index is -4.47. The van der Waals surface area contributed by atoms with Gasteiger partial charge >= 0.3 is 6.18 Å². The molecule has 0 saturated carbocycles. The average molecular weight is 450 g/mol. The van der Waals surface area contributed by atoms with Crippen LogP contribution < -0.4 is 10.1 Å². The van der Waals surface area contributed by atoms with Gasteiger partial charge in [-0.2, -0.15) is 13.2 Å². The van der Waals surface area contributed by atoms with Gasteiger partial charge in [-0.3, -0.25) is 4.79 Å². The number of aromatic nitrogens is 3. The second-order valence-corrected chi connectivity index (χ2v) is 7.37. The monoisotopic (exact) mass is 450 g/mol. The summed E-state index contributed by atoms with van der Waals surface area (Å²) in [5.41, 5.74) is 0.134. The topological polar surface area (TPSA) is 69.0 Å². The van der Waals surface area contributed by atoms with Gasteiger partial charge in [-0.15, -0.1) is 10.2 Å². The molecular weight excluding hydrogens is 429 g/mol. The predicted octanol–water partition coefficient (Wildman–Crippen LogP) is 5.11. The van der Waals surface area contributed by atoms with Crippen molar-refractivity contribution >= 4 is 23.4 Å². The highest BCUT2D eigenvalue weighted by Gasteiger charge is 2.30. The minimum absolute atomic E-state index is 0.0162. The highest BCUT2D eigenvalue weighted by molar-refractivity contribution is 7.99. The van der Waals surface area contributed by atoms with Crippen molar-refractivity contribution in [3.8, 4) is 17.1 Å². The van der Waals surface area contributed by atoms with E-state index >= 15 is 0 Å². The number of carbonyl (C=O) groups excluding carboxylic acids is 1. The van der Waals surface area contributed by atoms with Crippen LogP contribution in [-0.2, 0) is 17.5 Å². The number of halogens is 3. The van der Waals surface area contributed by atoms with Crippen LogP contribution in [0.15, 0.2) is 53.7 Å². The number of amides is 1. The molecule has 0 unspecified atom stereocenters. The fourth-order valence-electron chi connectivity index (χ4n) is 2.86. The summed E-state index contributed by atoms with van der Waals surface area (Å²) in [6, 6.07) is 12.0. The molecule has 3 rings (SSSR count). The van der Waals surface area contributed by atoms with Gasteiger partial charge in [0.1, 0.15) is 5.75 Å². The lowest BCUT2D eigenvalue weighted by Crippen LogP contribution is -2.15. The third-order valence-electron chi connectivity index (χ3n) is 4.26. The molecule has 2 aromatic carbocycles. The van der Waals surface area contributed by atoms with Gasteiger partial charge in [-0.05, 0) is 56.3 Å². The first-order valence-corrected chi connectivity index (χ1v) is 10.6. The fraction of sp³-hybridized carbons (Fsp3) is 0.286. The Morgan fingerprint density at radius 2 is 1.87 bits per heavy atom. The third-order valence-corrected chi connectivity index (χ3v) is 5.23. The van der Waals surface area contributed by atoms with Gasteiger partial charge < -0.3 is 14.6 Å². The molecule has 1 aromatic heterocycles. The van der Waals surface area contributed by atoms with Crippen molar-refractivity contribution in [1.29, 1.82) is 0 Å². The largest absolute Gasteiger partial charge is 0.494 e. The number of nitrogens with zero attached hydrogens (tertiary/aromatic N) is 3. The van der Waals surface area contributed by atoms with Gasteiger partial charge in [0.2, 0.25) is 5.91 Å². The molecule has 1 heterocycles. The second-order valence-electron chi connectivity index (χ2n) is 6.42.